The number of phenolic OH excluding ortho intramolecular Hbond substituents is 3. The van der Waals surface area contributed by atoms with Crippen molar-refractivity contribution in [1.82, 2.24) is 0 Å². The third-order valence-corrected chi connectivity index (χ3v) is 8.56. The van der Waals surface area contributed by atoms with Gasteiger partial charge in [0.2, 0.25) is 5.75 Å². The van der Waals surface area contributed by atoms with Crippen LogP contribution in [0.15, 0.2) is 60.7 Å². The average molecular weight is 563 g/mol. The number of carbonyl (C=O) groups is 1. The first-order chi connectivity index (χ1) is 19.7. The first kappa shape index (κ1) is 30.3. The molecular formula is C34H42O7. The highest BCUT2D eigenvalue weighted by molar-refractivity contribution is 5.79. The summed E-state index contributed by atoms with van der Waals surface area (Å²) in [7, 11) is 2.92. The minimum absolute atomic E-state index is 0.0191. The van der Waals surface area contributed by atoms with E-state index in [9.17, 15) is 25.2 Å². The summed E-state index contributed by atoms with van der Waals surface area (Å²) in [6, 6.07) is 18.8. The third kappa shape index (κ3) is 7.53. The molecule has 1 fully saturated rings. The minimum Gasteiger partial charge on any atom is -0.504 e. The summed E-state index contributed by atoms with van der Waals surface area (Å²) in [4.78, 5) is 12.9. The number of ketones is 1. The minimum atomic E-state index is -0.875. The van der Waals surface area contributed by atoms with Crippen molar-refractivity contribution in [1.29, 1.82) is 0 Å². The van der Waals surface area contributed by atoms with Crippen LogP contribution in [0.25, 0.3) is 0 Å². The van der Waals surface area contributed by atoms with Crippen molar-refractivity contribution in [3.05, 3.63) is 77.4 Å². The van der Waals surface area contributed by atoms with Gasteiger partial charge >= 0.3 is 0 Å². The number of aromatic hydroxyl groups is 3. The van der Waals surface area contributed by atoms with Gasteiger partial charge in [-0.2, -0.15) is 0 Å². The van der Waals surface area contributed by atoms with Gasteiger partial charge in [0.05, 0.1) is 20.3 Å². The van der Waals surface area contributed by atoms with Crippen molar-refractivity contribution in [3.63, 3.8) is 0 Å². The number of methoxy groups -OCH3 is 2. The number of aryl methyl sites for hydroxylation is 1. The Labute approximate surface area is 242 Å². The number of rotatable bonds is 13. The molecule has 0 heterocycles. The third-order valence-electron chi connectivity index (χ3n) is 8.56. The molecule has 0 spiro atoms. The van der Waals surface area contributed by atoms with Crippen molar-refractivity contribution in [3.8, 4) is 28.7 Å². The Balaban J connectivity index is 1.54. The molecule has 2 unspecified atom stereocenters. The number of Topliss-reactive ketones (excluding diaryl/α,β-unsaturated/α-hetero) is 1. The molecule has 3 aromatic carbocycles. The fraction of sp³-hybridized carbons (Fsp3) is 0.441. The van der Waals surface area contributed by atoms with E-state index < -0.39 is 6.10 Å². The van der Waals surface area contributed by atoms with Crippen LogP contribution >= 0.6 is 0 Å². The molecule has 7 heteroatoms. The van der Waals surface area contributed by atoms with Crippen molar-refractivity contribution < 1.29 is 34.7 Å². The highest BCUT2D eigenvalue weighted by Crippen LogP contribution is 2.49. The molecule has 2 atom stereocenters. The standard InChI is InChI=1S/C34H42O7/c1-40-31-17-23(12-14-29(31)37)11-13-27(35)21-28(36)18-25(24-19-30(38)33(39)32(20-24)41-2)22-34(15-7-4-8-16-34)26-9-5-3-6-10-26/h3,5-6,9-10,12,14,17,19-20,25,28,36-39H,4,7-8,11,13,15-16,18,21-22H2,1-2H3. The van der Waals surface area contributed by atoms with Crippen LogP contribution in [0.2, 0.25) is 0 Å². The lowest BCUT2D eigenvalue weighted by molar-refractivity contribution is -0.121. The van der Waals surface area contributed by atoms with Crippen LogP contribution < -0.4 is 9.47 Å². The van der Waals surface area contributed by atoms with Crippen LogP contribution in [0.5, 0.6) is 28.7 Å². The van der Waals surface area contributed by atoms with Crippen molar-refractivity contribution in [2.24, 2.45) is 0 Å². The fourth-order valence-corrected chi connectivity index (χ4v) is 6.38. The lowest BCUT2D eigenvalue weighted by atomic mass is 9.63. The first-order valence-electron chi connectivity index (χ1n) is 14.5. The van der Waals surface area contributed by atoms with E-state index in [4.69, 9.17) is 9.47 Å². The predicted molar refractivity (Wildman–Crippen MR) is 158 cm³/mol. The molecule has 220 valence electrons. The summed E-state index contributed by atoms with van der Waals surface area (Å²) in [5.41, 5.74) is 2.82. The summed E-state index contributed by atoms with van der Waals surface area (Å²) in [5, 5.41) is 41.8. The molecule has 0 aromatic heterocycles. The predicted octanol–water partition coefficient (Wildman–Crippen LogP) is 6.54. The monoisotopic (exact) mass is 562 g/mol. The van der Waals surface area contributed by atoms with Crippen LogP contribution in [-0.2, 0) is 16.6 Å². The maximum absolute atomic E-state index is 12.9. The number of carbonyl (C=O) groups excluding carboxylic acids is 1. The largest absolute Gasteiger partial charge is 0.504 e. The van der Waals surface area contributed by atoms with Crippen LogP contribution in [-0.4, -0.2) is 46.5 Å². The molecule has 1 aliphatic carbocycles. The Kier molecular flexibility index (Phi) is 10.2. The lowest BCUT2D eigenvalue weighted by Gasteiger charge is -2.41. The Hall–Kier alpha value is -3.71. The maximum atomic E-state index is 12.9. The van der Waals surface area contributed by atoms with E-state index in [2.05, 4.69) is 24.3 Å². The molecule has 7 nitrogen and oxygen atoms in total. The van der Waals surface area contributed by atoms with Gasteiger partial charge in [-0.05, 0) is 84.4 Å². The molecule has 0 aliphatic heterocycles. The second-order valence-corrected chi connectivity index (χ2v) is 11.3. The summed E-state index contributed by atoms with van der Waals surface area (Å²) < 4.78 is 10.5. The Bertz CT molecular complexity index is 1300. The van der Waals surface area contributed by atoms with E-state index in [1.54, 1.807) is 30.3 Å². The van der Waals surface area contributed by atoms with Crippen molar-refractivity contribution in [2.45, 2.75) is 81.6 Å². The van der Waals surface area contributed by atoms with Crippen LogP contribution in [0.3, 0.4) is 0 Å². The van der Waals surface area contributed by atoms with Crippen molar-refractivity contribution in [2.75, 3.05) is 14.2 Å². The summed E-state index contributed by atoms with van der Waals surface area (Å²) in [6.07, 6.45) is 6.44. The molecule has 4 N–H and O–H groups in total. The van der Waals surface area contributed by atoms with Gasteiger partial charge in [-0.3, -0.25) is 4.79 Å². The summed E-state index contributed by atoms with van der Waals surface area (Å²) in [6.45, 7) is 0. The van der Waals surface area contributed by atoms with Crippen LogP contribution in [0.1, 0.15) is 80.4 Å². The van der Waals surface area contributed by atoms with E-state index in [0.29, 0.717) is 18.6 Å². The highest BCUT2D eigenvalue weighted by atomic mass is 16.5. The molecule has 0 bridgehead atoms. The van der Waals surface area contributed by atoms with Gasteiger partial charge in [-0.25, -0.2) is 0 Å². The quantitative estimate of drug-likeness (QED) is 0.175. The van der Waals surface area contributed by atoms with E-state index in [0.717, 1.165) is 43.2 Å². The molecule has 1 aliphatic rings. The van der Waals surface area contributed by atoms with Gasteiger partial charge in [0, 0.05) is 12.8 Å². The van der Waals surface area contributed by atoms with E-state index in [1.165, 1.54) is 26.2 Å². The lowest BCUT2D eigenvalue weighted by Crippen LogP contribution is -2.32. The maximum Gasteiger partial charge on any atom is 0.200 e. The number of hydrogen-bond donors (Lipinski definition) is 4. The van der Waals surface area contributed by atoms with E-state index in [-0.39, 0.29) is 53.0 Å². The van der Waals surface area contributed by atoms with Gasteiger partial charge in [-0.1, -0.05) is 55.7 Å². The van der Waals surface area contributed by atoms with Gasteiger partial charge in [-0.15, -0.1) is 0 Å². The van der Waals surface area contributed by atoms with Crippen LogP contribution in [0.4, 0.5) is 0 Å². The molecule has 4 rings (SSSR count). The zero-order valence-corrected chi connectivity index (χ0v) is 24.0. The smallest absolute Gasteiger partial charge is 0.200 e. The average Bonchev–Trinajstić information content (AvgIpc) is 2.98. The molecule has 1 saturated carbocycles. The second-order valence-electron chi connectivity index (χ2n) is 11.3. The van der Waals surface area contributed by atoms with Crippen molar-refractivity contribution >= 4 is 5.78 Å². The topological polar surface area (TPSA) is 116 Å². The van der Waals surface area contributed by atoms with Gasteiger partial charge in [0.25, 0.3) is 0 Å². The molecule has 41 heavy (non-hydrogen) atoms. The van der Waals surface area contributed by atoms with Crippen LogP contribution in [0, 0.1) is 0 Å². The Morgan fingerprint density at radius 3 is 2.27 bits per heavy atom. The Morgan fingerprint density at radius 1 is 0.878 bits per heavy atom. The van der Waals surface area contributed by atoms with Gasteiger partial charge in [0.1, 0.15) is 5.78 Å². The fourth-order valence-electron chi connectivity index (χ4n) is 6.38. The number of benzene rings is 3. The zero-order valence-electron chi connectivity index (χ0n) is 24.0. The Morgan fingerprint density at radius 2 is 1.59 bits per heavy atom. The number of hydrogen-bond acceptors (Lipinski definition) is 7. The SMILES string of the molecule is COc1cc(CCC(=O)CC(O)CC(CC2(c3ccccc3)CCCCC2)c2cc(O)c(O)c(OC)c2)ccc1O. The highest BCUT2D eigenvalue weighted by Gasteiger charge is 2.37. The normalized spacial score (nSPS) is 16.1. The number of aliphatic hydroxyl groups excluding tert-OH is 1. The van der Waals surface area contributed by atoms with E-state index in [1.807, 2.05) is 6.07 Å². The molecule has 0 amide bonds. The number of aliphatic hydroxyl groups is 1. The molecular weight excluding hydrogens is 520 g/mol. The summed E-state index contributed by atoms with van der Waals surface area (Å²) in [5.74, 6) is -0.226. The van der Waals surface area contributed by atoms with E-state index >= 15 is 0 Å². The zero-order chi connectivity index (χ0) is 29.4. The molecule has 0 saturated heterocycles. The second kappa shape index (κ2) is 13.8. The number of phenols is 3. The molecule has 0 radical (unpaired) electrons. The summed E-state index contributed by atoms with van der Waals surface area (Å²) >= 11 is 0. The molecule has 3 aromatic rings. The van der Waals surface area contributed by atoms with Gasteiger partial charge in [0.15, 0.2) is 23.0 Å². The number of ether oxygens (including phenoxy) is 2. The van der Waals surface area contributed by atoms with Gasteiger partial charge < -0.3 is 29.9 Å². The first-order valence-corrected chi connectivity index (χ1v) is 14.5.